The Hall–Kier alpha value is -2.74. The van der Waals surface area contributed by atoms with Gasteiger partial charge in [0.15, 0.2) is 5.69 Å². The van der Waals surface area contributed by atoms with Crippen LogP contribution in [0.1, 0.15) is 41.2 Å². The molecule has 0 bridgehead atoms. The Morgan fingerprint density at radius 1 is 1.33 bits per heavy atom. The number of pyridine rings is 1. The van der Waals surface area contributed by atoms with E-state index in [0.717, 1.165) is 5.69 Å². The maximum absolute atomic E-state index is 12.4. The summed E-state index contributed by atoms with van der Waals surface area (Å²) in [5.41, 5.74) is 1.09. The Morgan fingerprint density at radius 3 is 2.89 bits per heavy atom. The van der Waals surface area contributed by atoms with Crippen molar-refractivity contribution in [1.29, 1.82) is 0 Å². The lowest BCUT2D eigenvalue weighted by atomic mass is 9.83. The van der Waals surface area contributed by atoms with Crippen molar-refractivity contribution in [2.45, 2.75) is 44.8 Å². The molecule has 3 N–H and O–H groups in total. The molecule has 2 aromatic rings. The summed E-state index contributed by atoms with van der Waals surface area (Å²) >= 11 is 0. The molecule has 1 aliphatic rings. The molecule has 1 saturated carbocycles. The van der Waals surface area contributed by atoms with Crippen LogP contribution in [0.4, 0.5) is 0 Å². The van der Waals surface area contributed by atoms with Crippen molar-refractivity contribution in [3.05, 3.63) is 47.6 Å². The van der Waals surface area contributed by atoms with E-state index in [1.54, 1.807) is 13.1 Å². The zero-order chi connectivity index (χ0) is 19.2. The number of carbonyl (C=O) groups excluding carboxylic acids is 2. The fourth-order valence-corrected chi connectivity index (χ4v) is 3.27. The van der Waals surface area contributed by atoms with E-state index in [1.807, 2.05) is 18.2 Å². The molecule has 2 aromatic heterocycles. The maximum atomic E-state index is 12.4. The van der Waals surface area contributed by atoms with E-state index in [9.17, 15) is 14.7 Å². The molecular weight excluding hydrogens is 348 g/mol. The third kappa shape index (κ3) is 5.13. The van der Waals surface area contributed by atoms with E-state index in [4.69, 9.17) is 4.52 Å². The van der Waals surface area contributed by atoms with Crippen LogP contribution < -0.4 is 10.6 Å². The molecule has 0 aromatic carbocycles. The number of hydrogen-bond acceptors (Lipinski definition) is 6. The van der Waals surface area contributed by atoms with Gasteiger partial charge in [-0.3, -0.25) is 14.6 Å². The molecular formula is C19H24N4O4. The molecule has 144 valence electrons. The molecule has 0 aliphatic heterocycles. The van der Waals surface area contributed by atoms with Gasteiger partial charge in [0.25, 0.3) is 5.91 Å². The third-order valence-electron chi connectivity index (χ3n) is 4.77. The summed E-state index contributed by atoms with van der Waals surface area (Å²) in [7, 11) is 0. The van der Waals surface area contributed by atoms with Crippen LogP contribution in [0.25, 0.3) is 0 Å². The highest BCUT2D eigenvalue weighted by Gasteiger charge is 2.34. The summed E-state index contributed by atoms with van der Waals surface area (Å²) < 4.78 is 4.90. The number of aromatic nitrogens is 2. The number of aryl methyl sites for hydroxylation is 1. The molecule has 3 rings (SSSR count). The normalized spacial score (nSPS) is 22.2. The number of nitrogens with one attached hydrogen (secondary N) is 2. The Kier molecular flexibility index (Phi) is 6.18. The first-order valence-electron chi connectivity index (χ1n) is 9.13. The number of amides is 2. The van der Waals surface area contributed by atoms with Crippen molar-refractivity contribution in [1.82, 2.24) is 20.8 Å². The highest BCUT2D eigenvalue weighted by molar-refractivity contribution is 5.92. The zero-order valence-corrected chi connectivity index (χ0v) is 15.2. The molecule has 3 atom stereocenters. The van der Waals surface area contributed by atoms with Crippen molar-refractivity contribution in [2.75, 3.05) is 6.54 Å². The third-order valence-corrected chi connectivity index (χ3v) is 4.77. The average molecular weight is 372 g/mol. The Balaban J connectivity index is 1.49. The largest absolute Gasteiger partial charge is 0.391 e. The molecule has 0 radical (unpaired) electrons. The van der Waals surface area contributed by atoms with Crippen molar-refractivity contribution in [3.63, 3.8) is 0 Å². The van der Waals surface area contributed by atoms with E-state index in [2.05, 4.69) is 20.8 Å². The van der Waals surface area contributed by atoms with E-state index >= 15 is 0 Å². The summed E-state index contributed by atoms with van der Waals surface area (Å²) in [5, 5.41) is 19.6. The molecule has 0 saturated heterocycles. The van der Waals surface area contributed by atoms with Gasteiger partial charge in [0.05, 0.1) is 12.1 Å². The summed E-state index contributed by atoms with van der Waals surface area (Å²) in [4.78, 5) is 28.9. The van der Waals surface area contributed by atoms with Crippen LogP contribution in [0.15, 0.2) is 35.0 Å². The highest BCUT2D eigenvalue weighted by atomic mass is 16.5. The summed E-state index contributed by atoms with van der Waals surface area (Å²) in [6.45, 7) is 2.20. The first-order valence-corrected chi connectivity index (χ1v) is 9.13. The summed E-state index contributed by atoms with van der Waals surface area (Å²) in [6.07, 6.45) is 3.14. The van der Waals surface area contributed by atoms with Crippen LogP contribution in [0.2, 0.25) is 0 Å². The lowest BCUT2D eigenvalue weighted by molar-refractivity contribution is -0.127. The molecule has 8 heteroatoms. The van der Waals surface area contributed by atoms with Crippen LogP contribution in [0.3, 0.4) is 0 Å². The summed E-state index contributed by atoms with van der Waals surface area (Å²) in [6, 6.07) is 6.72. The molecule has 2 amide bonds. The van der Waals surface area contributed by atoms with Gasteiger partial charge in [-0.05, 0) is 38.3 Å². The second-order valence-corrected chi connectivity index (χ2v) is 6.84. The quantitative estimate of drug-likeness (QED) is 0.696. The first kappa shape index (κ1) is 19.0. The van der Waals surface area contributed by atoms with Gasteiger partial charge in [-0.15, -0.1) is 0 Å². The topological polar surface area (TPSA) is 117 Å². The fourth-order valence-electron chi connectivity index (χ4n) is 3.27. The lowest BCUT2D eigenvalue weighted by Gasteiger charge is -2.33. The minimum atomic E-state index is -0.681. The molecule has 1 aliphatic carbocycles. The van der Waals surface area contributed by atoms with Crippen molar-refractivity contribution < 1.29 is 19.2 Å². The van der Waals surface area contributed by atoms with Gasteiger partial charge in [0, 0.05) is 36.8 Å². The smallest absolute Gasteiger partial charge is 0.273 e. The van der Waals surface area contributed by atoms with Gasteiger partial charge in [0.1, 0.15) is 5.76 Å². The van der Waals surface area contributed by atoms with E-state index in [0.29, 0.717) is 38.0 Å². The average Bonchev–Trinajstić information content (AvgIpc) is 3.11. The number of aliphatic hydroxyl groups excluding tert-OH is 1. The molecule has 2 heterocycles. The van der Waals surface area contributed by atoms with Gasteiger partial charge in [-0.25, -0.2) is 0 Å². The monoisotopic (exact) mass is 372 g/mol. The van der Waals surface area contributed by atoms with Gasteiger partial charge in [-0.1, -0.05) is 11.2 Å². The zero-order valence-electron chi connectivity index (χ0n) is 15.2. The maximum Gasteiger partial charge on any atom is 0.273 e. The van der Waals surface area contributed by atoms with E-state index in [1.165, 1.54) is 6.07 Å². The first-order chi connectivity index (χ1) is 13.0. The van der Waals surface area contributed by atoms with Crippen LogP contribution >= 0.6 is 0 Å². The highest BCUT2D eigenvalue weighted by Crippen LogP contribution is 2.25. The Labute approximate surface area is 157 Å². The molecule has 1 fully saturated rings. The number of carbonyl (C=O) groups is 2. The summed E-state index contributed by atoms with van der Waals surface area (Å²) in [5.74, 6) is -0.183. The standard InChI is InChI=1S/C19H24N4O4/c1-12-10-16(23-27-12)19(26)22-15-11-13(5-6-17(15)24)18(25)21-9-7-14-4-2-3-8-20-14/h2-4,8,10,13,15,17,24H,5-7,9,11H2,1H3,(H,21,25)(H,22,26)/t13-,15+,17+/m0/s1. The van der Waals surface area contributed by atoms with Gasteiger partial charge in [0.2, 0.25) is 5.91 Å². The number of rotatable bonds is 6. The van der Waals surface area contributed by atoms with Gasteiger partial charge >= 0.3 is 0 Å². The van der Waals surface area contributed by atoms with Crippen LogP contribution in [0.5, 0.6) is 0 Å². The second-order valence-electron chi connectivity index (χ2n) is 6.84. The van der Waals surface area contributed by atoms with Crippen molar-refractivity contribution >= 4 is 11.8 Å². The van der Waals surface area contributed by atoms with Gasteiger partial charge < -0.3 is 20.3 Å². The Morgan fingerprint density at radius 2 is 2.19 bits per heavy atom. The van der Waals surface area contributed by atoms with Crippen molar-refractivity contribution in [2.24, 2.45) is 5.92 Å². The lowest BCUT2D eigenvalue weighted by Crippen LogP contribution is -2.49. The predicted molar refractivity (Wildman–Crippen MR) is 96.8 cm³/mol. The number of nitrogens with zero attached hydrogens (tertiary/aromatic N) is 2. The number of aliphatic hydroxyl groups is 1. The second kappa shape index (κ2) is 8.77. The minimum absolute atomic E-state index is 0.0608. The van der Waals surface area contributed by atoms with E-state index < -0.39 is 18.1 Å². The molecule has 0 unspecified atom stereocenters. The Bertz CT molecular complexity index is 777. The SMILES string of the molecule is Cc1cc(C(=O)N[C@@H]2C[C@@H](C(=O)NCCc3ccccn3)CC[C@H]2O)no1. The van der Waals surface area contributed by atoms with Gasteiger partial charge in [-0.2, -0.15) is 0 Å². The minimum Gasteiger partial charge on any atom is -0.391 e. The van der Waals surface area contributed by atoms with Crippen LogP contribution in [-0.4, -0.2) is 45.8 Å². The molecule has 27 heavy (non-hydrogen) atoms. The predicted octanol–water partition coefficient (Wildman–Crippen LogP) is 0.996. The van der Waals surface area contributed by atoms with Crippen molar-refractivity contribution in [3.8, 4) is 0 Å². The molecule has 0 spiro atoms. The number of hydrogen-bond donors (Lipinski definition) is 3. The molecule has 8 nitrogen and oxygen atoms in total. The fraction of sp³-hybridized carbons (Fsp3) is 0.474. The van der Waals surface area contributed by atoms with Crippen LogP contribution in [-0.2, 0) is 11.2 Å². The van der Waals surface area contributed by atoms with Crippen LogP contribution in [0, 0.1) is 12.8 Å². The van der Waals surface area contributed by atoms with E-state index in [-0.39, 0.29) is 17.5 Å².